The van der Waals surface area contributed by atoms with E-state index in [-0.39, 0.29) is 0 Å². The molecule has 0 fully saturated rings. The zero-order valence-electron chi connectivity index (χ0n) is 8.34. The Bertz CT molecular complexity index is 336. The van der Waals surface area contributed by atoms with Crippen molar-refractivity contribution < 1.29 is 34.5 Å². The molecule has 2 unspecified atom stereocenters. The van der Waals surface area contributed by atoms with Crippen LogP contribution in [0.25, 0.3) is 0 Å². The summed E-state index contributed by atoms with van der Waals surface area (Å²) < 4.78 is 0. The first-order chi connectivity index (χ1) is 7.12. The topological polar surface area (TPSA) is 155 Å². The van der Waals surface area contributed by atoms with Gasteiger partial charge in [-0.2, -0.15) is 0 Å². The van der Waals surface area contributed by atoms with Crippen LogP contribution in [-0.2, 0) is 19.2 Å². The third-order valence-corrected chi connectivity index (χ3v) is 1.96. The van der Waals surface area contributed by atoms with Crippen LogP contribution in [0.4, 0.5) is 0 Å². The smallest absolute Gasteiger partial charge is 0.337 e. The van der Waals surface area contributed by atoms with Gasteiger partial charge in [0.25, 0.3) is 0 Å². The van der Waals surface area contributed by atoms with Crippen LogP contribution in [0, 0.1) is 5.92 Å². The van der Waals surface area contributed by atoms with Crippen molar-refractivity contribution in [2.24, 2.45) is 11.7 Å². The fourth-order valence-corrected chi connectivity index (χ4v) is 1.30. The highest BCUT2D eigenvalue weighted by Crippen LogP contribution is 2.23. The summed E-state index contributed by atoms with van der Waals surface area (Å²) in [5, 5.41) is 26.7. The first-order valence-corrected chi connectivity index (χ1v) is 4.10. The van der Waals surface area contributed by atoms with Crippen molar-refractivity contribution in [2.45, 2.75) is 18.9 Å². The van der Waals surface area contributed by atoms with Gasteiger partial charge >= 0.3 is 11.9 Å². The number of carbonyl (C=O) groups is 4. The maximum atomic E-state index is 11.0. The Morgan fingerprint density at radius 2 is 1.69 bits per heavy atom. The fourth-order valence-electron chi connectivity index (χ4n) is 1.30. The monoisotopic (exact) mass is 233 g/mol. The summed E-state index contributed by atoms with van der Waals surface area (Å²) in [6.45, 7) is 0.838. The predicted molar refractivity (Wildman–Crippen MR) is 48.2 cm³/mol. The summed E-state index contributed by atoms with van der Waals surface area (Å²) >= 11 is 0. The van der Waals surface area contributed by atoms with Gasteiger partial charge < -0.3 is 21.1 Å². The molecule has 0 heterocycles. The number of carbonyl (C=O) groups excluding carboxylic acids is 2. The van der Waals surface area contributed by atoms with Crippen LogP contribution in [-0.4, -0.2) is 44.5 Å². The summed E-state index contributed by atoms with van der Waals surface area (Å²) in [5.41, 5.74) is 1.74. The standard InChI is InChI=1S/C8H11NO7/c1-3(10)5(6(9)13)8(16,7(14)15)2-4(11)12/h5,16H,2H2,1H3,(H2,9,13)(H,11,12)(H,14,15). The predicted octanol–water partition coefficient (Wildman–Crippen LogP) is -2.03. The lowest BCUT2D eigenvalue weighted by molar-refractivity contribution is -0.175. The molecule has 2 atom stereocenters. The molecule has 0 aliphatic carbocycles. The highest BCUT2D eigenvalue weighted by Gasteiger charge is 2.51. The van der Waals surface area contributed by atoms with Gasteiger partial charge in [0.1, 0.15) is 11.7 Å². The average molecular weight is 233 g/mol. The van der Waals surface area contributed by atoms with E-state index in [1.807, 2.05) is 0 Å². The number of rotatable bonds is 6. The summed E-state index contributed by atoms with van der Waals surface area (Å²) in [6.07, 6.45) is -1.30. The van der Waals surface area contributed by atoms with Crippen LogP contribution in [0.15, 0.2) is 0 Å². The first-order valence-electron chi connectivity index (χ1n) is 4.10. The number of carboxylic acid groups (broad SMARTS) is 2. The molecule has 0 aromatic heterocycles. The van der Waals surface area contributed by atoms with Crippen molar-refractivity contribution >= 4 is 23.6 Å². The molecule has 0 radical (unpaired) electrons. The summed E-state index contributed by atoms with van der Waals surface area (Å²) in [7, 11) is 0. The van der Waals surface area contributed by atoms with Gasteiger partial charge in [0.05, 0.1) is 6.42 Å². The number of primary amides is 1. The van der Waals surface area contributed by atoms with E-state index in [1.54, 1.807) is 0 Å². The maximum Gasteiger partial charge on any atom is 0.337 e. The maximum absolute atomic E-state index is 11.0. The van der Waals surface area contributed by atoms with Gasteiger partial charge in [-0.15, -0.1) is 0 Å². The van der Waals surface area contributed by atoms with Crippen LogP contribution in [0.2, 0.25) is 0 Å². The SMILES string of the molecule is CC(=O)C(C(N)=O)C(O)(CC(=O)O)C(=O)O. The molecule has 90 valence electrons. The molecule has 5 N–H and O–H groups in total. The molecule has 0 spiro atoms. The normalized spacial score (nSPS) is 15.9. The van der Waals surface area contributed by atoms with Crippen molar-refractivity contribution in [3.63, 3.8) is 0 Å². The number of hydrogen-bond acceptors (Lipinski definition) is 5. The Morgan fingerprint density at radius 3 is 1.88 bits per heavy atom. The van der Waals surface area contributed by atoms with Crippen molar-refractivity contribution in [3.05, 3.63) is 0 Å². The van der Waals surface area contributed by atoms with Crippen LogP contribution >= 0.6 is 0 Å². The Balaban J connectivity index is 5.46. The Labute approximate surface area is 89.7 Å². The van der Waals surface area contributed by atoms with Gasteiger partial charge in [0.2, 0.25) is 5.91 Å². The molecule has 0 aromatic rings. The lowest BCUT2D eigenvalue weighted by Gasteiger charge is -2.26. The molecule has 0 aromatic carbocycles. The van der Waals surface area contributed by atoms with Gasteiger partial charge in [-0.3, -0.25) is 14.4 Å². The molecule has 0 aliphatic heterocycles. The van der Waals surface area contributed by atoms with E-state index >= 15 is 0 Å². The van der Waals surface area contributed by atoms with Crippen molar-refractivity contribution in [2.75, 3.05) is 0 Å². The van der Waals surface area contributed by atoms with E-state index in [0.717, 1.165) is 6.92 Å². The van der Waals surface area contributed by atoms with Gasteiger partial charge in [0, 0.05) is 0 Å². The number of carboxylic acids is 2. The molecule has 8 heteroatoms. The Kier molecular flexibility index (Phi) is 4.13. The van der Waals surface area contributed by atoms with Crippen molar-refractivity contribution in [3.8, 4) is 0 Å². The molecular weight excluding hydrogens is 222 g/mol. The van der Waals surface area contributed by atoms with Crippen molar-refractivity contribution in [1.29, 1.82) is 0 Å². The van der Waals surface area contributed by atoms with E-state index in [4.69, 9.17) is 15.9 Å². The van der Waals surface area contributed by atoms with E-state index in [2.05, 4.69) is 0 Å². The third-order valence-electron chi connectivity index (χ3n) is 1.96. The molecule has 8 nitrogen and oxygen atoms in total. The molecule has 0 saturated heterocycles. The number of nitrogens with two attached hydrogens (primary N) is 1. The number of amides is 1. The zero-order chi connectivity index (χ0) is 13.1. The molecule has 16 heavy (non-hydrogen) atoms. The van der Waals surface area contributed by atoms with Crippen molar-refractivity contribution in [1.82, 2.24) is 0 Å². The van der Waals surface area contributed by atoms with E-state index in [0.29, 0.717) is 0 Å². The zero-order valence-corrected chi connectivity index (χ0v) is 8.34. The van der Waals surface area contributed by atoms with Gasteiger partial charge in [-0.05, 0) is 6.92 Å². The van der Waals surface area contributed by atoms with Crippen LogP contribution in [0.5, 0.6) is 0 Å². The van der Waals surface area contributed by atoms with Crippen LogP contribution in [0.3, 0.4) is 0 Å². The fraction of sp³-hybridized carbons (Fsp3) is 0.500. The number of hydrogen-bond donors (Lipinski definition) is 4. The van der Waals surface area contributed by atoms with E-state index < -0.39 is 41.6 Å². The van der Waals surface area contributed by atoms with Gasteiger partial charge in [0.15, 0.2) is 5.60 Å². The summed E-state index contributed by atoms with van der Waals surface area (Å²) in [4.78, 5) is 43.0. The Hall–Kier alpha value is -1.96. The molecule has 0 rings (SSSR count). The number of aliphatic hydroxyl groups is 1. The number of aliphatic carboxylic acids is 2. The Morgan fingerprint density at radius 1 is 1.25 bits per heavy atom. The summed E-state index contributed by atoms with van der Waals surface area (Å²) in [6, 6.07) is 0. The largest absolute Gasteiger partial charge is 0.481 e. The second-order valence-electron chi connectivity index (χ2n) is 3.25. The van der Waals surface area contributed by atoms with Gasteiger partial charge in [-0.1, -0.05) is 0 Å². The van der Waals surface area contributed by atoms with E-state index in [9.17, 15) is 24.3 Å². The van der Waals surface area contributed by atoms with Gasteiger partial charge in [-0.25, -0.2) is 4.79 Å². The molecule has 1 amide bonds. The summed E-state index contributed by atoms with van der Waals surface area (Å²) in [5.74, 6) is -8.16. The third kappa shape index (κ3) is 2.76. The highest BCUT2D eigenvalue weighted by molar-refractivity contribution is 6.06. The minimum atomic E-state index is -3.02. The number of Topliss-reactive ketones (excluding diaryl/α,β-unsaturated/α-hetero) is 1. The minimum absolute atomic E-state index is 0.838. The lowest BCUT2D eigenvalue weighted by atomic mass is 9.81. The lowest BCUT2D eigenvalue weighted by Crippen LogP contribution is -2.55. The average Bonchev–Trinajstić information content (AvgIpc) is 1.99. The molecular formula is C8H11NO7. The molecule has 0 aliphatic rings. The quantitative estimate of drug-likeness (QED) is 0.385. The molecule has 0 saturated carbocycles. The second kappa shape index (κ2) is 4.71. The first kappa shape index (κ1) is 14.0. The van der Waals surface area contributed by atoms with E-state index in [1.165, 1.54) is 0 Å². The number of ketones is 1. The minimum Gasteiger partial charge on any atom is -0.481 e. The highest BCUT2D eigenvalue weighted by atomic mass is 16.4. The van der Waals surface area contributed by atoms with Crippen LogP contribution in [0.1, 0.15) is 13.3 Å². The van der Waals surface area contributed by atoms with Crippen LogP contribution < -0.4 is 5.73 Å². The molecule has 0 bridgehead atoms. The second-order valence-corrected chi connectivity index (χ2v) is 3.25.